The largest absolute Gasteiger partial charge is 0.411 e. The quantitative estimate of drug-likeness (QED) is 0.417. The first kappa shape index (κ1) is 23.4. The second-order valence-corrected chi connectivity index (χ2v) is 7.94. The van der Waals surface area contributed by atoms with Gasteiger partial charge in [-0.05, 0) is 24.1 Å². The Kier molecular flexibility index (Phi) is 6.65. The first-order valence-corrected chi connectivity index (χ1v) is 10.6. The Morgan fingerprint density at radius 3 is 2.41 bits per heavy atom. The lowest BCUT2D eigenvalue weighted by Crippen LogP contribution is -2.23. The van der Waals surface area contributed by atoms with E-state index in [4.69, 9.17) is 4.98 Å². The molecule has 0 saturated heterocycles. The molecule has 34 heavy (non-hydrogen) atoms. The predicted molar refractivity (Wildman–Crippen MR) is 122 cm³/mol. The molecule has 2 heterocycles. The summed E-state index contributed by atoms with van der Waals surface area (Å²) in [4.78, 5) is 17.9. The van der Waals surface area contributed by atoms with Gasteiger partial charge in [-0.15, -0.1) is 0 Å². The van der Waals surface area contributed by atoms with E-state index in [1.54, 1.807) is 42.1 Å². The summed E-state index contributed by atoms with van der Waals surface area (Å²) >= 11 is 0. The molecule has 176 valence electrons. The van der Waals surface area contributed by atoms with Crippen molar-refractivity contribution < 1.29 is 22.7 Å². The molecule has 9 heteroatoms. The third-order valence-corrected chi connectivity index (χ3v) is 5.29. The molecule has 0 aliphatic rings. The number of nitrogens with zero attached hydrogens (tertiary/aromatic N) is 3. The number of carbonyl (C=O) groups is 1. The second kappa shape index (κ2) is 9.64. The molecule has 0 fully saturated rings. The van der Waals surface area contributed by atoms with Crippen molar-refractivity contribution in [1.29, 1.82) is 0 Å². The van der Waals surface area contributed by atoms with Crippen molar-refractivity contribution in [2.24, 2.45) is 7.05 Å². The van der Waals surface area contributed by atoms with E-state index < -0.39 is 12.8 Å². The standard InChI is InChI=1S/C25H23F3N4O2/c1-16-22-20(12-21(19-6-4-3-5-7-19)30-23(22)32(2)31-16)24(33)29-13-17-8-10-18(11-9-17)14-34-15-25(26,27)28/h3-12H,13-15H2,1-2H3,(H,29,33). The van der Waals surface area contributed by atoms with Crippen LogP contribution in [0, 0.1) is 6.92 Å². The molecule has 2 aromatic carbocycles. The van der Waals surface area contributed by atoms with Gasteiger partial charge in [0.2, 0.25) is 0 Å². The number of hydrogen-bond acceptors (Lipinski definition) is 4. The van der Waals surface area contributed by atoms with Crippen molar-refractivity contribution in [1.82, 2.24) is 20.1 Å². The van der Waals surface area contributed by atoms with Crippen LogP contribution in [0.5, 0.6) is 0 Å². The van der Waals surface area contributed by atoms with Crippen LogP contribution in [0.4, 0.5) is 13.2 Å². The number of alkyl halides is 3. The number of halogens is 3. The van der Waals surface area contributed by atoms with Gasteiger partial charge in [-0.2, -0.15) is 18.3 Å². The van der Waals surface area contributed by atoms with Crippen LogP contribution in [-0.4, -0.2) is 33.5 Å². The number of aryl methyl sites for hydroxylation is 2. The topological polar surface area (TPSA) is 69.0 Å². The fourth-order valence-electron chi connectivity index (χ4n) is 3.70. The fraction of sp³-hybridized carbons (Fsp3) is 0.240. The average molecular weight is 468 g/mol. The van der Waals surface area contributed by atoms with Gasteiger partial charge in [-0.25, -0.2) is 4.98 Å². The van der Waals surface area contributed by atoms with Crippen molar-refractivity contribution in [3.63, 3.8) is 0 Å². The number of pyridine rings is 1. The van der Waals surface area contributed by atoms with Crippen molar-refractivity contribution >= 4 is 16.9 Å². The average Bonchev–Trinajstić information content (AvgIpc) is 3.11. The number of nitrogens with one attached hydrogen (secondary N) is 1. The van der Waals surface area contributed by atoms with Crippen molar-refractivity contribution in [3.05, 3.63) is 83.0 Å². The number of fused-ring (bicyclic) bond motifs is 1. The van der Waals surface area contributed by atoms with E-state index >= 15 is 0 Å². The zero-order valence-corrected chi connectivity index (χ0v) is 18.7. The molecule has 2 aromatic heterocycles. The van der Waals surface area contributed by atoms with Crippen LogP contribution in [-0.2, 0) is 24.9 Å². The Balaban J connectivity index is 1.51. The number of ether oxygens (including phenoxy) is 1. The minimum absolute atomic E-state index is 0.135. The van der Waals surface area contributed by atoms with Gasteiger partial charge in [-0.1, -0.05) is 54.6 Å². The summed E-state index contributed by atoms with van der Waals surface area (Å²) in [7, 11) is 1.79. The Bertz CT molecular complexity index is 1300. The monoisotopic (exact) mass is 468 g/mol. The third-order valence-electron chi connectivity index (χ3n) is 5.29. The van der Waals surface area contributed by atoms with Gasteiger partial charge >= 0.3 is 6.18 Å². The van der Waals surface area contributed by atoms with Crippen LogP contribution in [0.3, 0.4) is 0 Å². The van der Waals surface area contributed by atoms with Gasteiger partial charge in [-0.3, -0.25) is 9.48 Å². The molecule has 0 aliphatic heterocycles. The minimum atomic E-state index is -4.35. The first-order valence-electron chi connectivity index (χ1n) is 10.6. The first-order chi connectivity index (χ1) is 16.2. The van der Waals surface area contributed by atoms with Gasteiger partial charge in [0.15, 0.2) is 5.65 Å². The number of aromatic nitrogens is 3. The van der Waals surface area contributed by atoms with Crippen molar-refractivity contribution in [2.45, 2.75) is 26.3 Å². The third kappa shape index (κ3) is 5.43. The summed E-state index contributed by atoms with van der Waals surface area (Å²) in [5.41, 5.74) is 4.79. The summed E-state index contributed by atoms with van der Waals surface area (Å²) in [6.45, 7) is 0.669. The van der Waals surface area contributed by atoms with E-state index in [1.807, 2.05) is 37.3 Å². The van der Waals surface area contributed by atoms with Crippen LogP contribution in [0.15, 0.2) is 60.7 Å². The zero-order chi connectivity index (χ0) is 24.3. The SMILES string of the molecule is Cc1nn(C)c2nc(-c3ccccc3)cc(C(=O)NCc3ccc(COCC(F)(F)F)cc3)c12. The van der Waals surface area contributed by atoms with E-state index in [9.17, 15) is 18.0 Å². The molecule has 4 rings (SSSR count). The predicted octanol–water partition coefficient (Wildman–Crippen LogP) is 4.95. The summed E-state index contributed by atoms with van der Waals surface area (Å²) in [6.07, 6.45) is -4.35. The van der Waals surface area contributed by atoms with Gasteiger partial charge < -0.3 is 10.1 Å². The molecule has 1 N–H and O–H groups in total. The number of hydrogen-bond donors (Lipinski definition) is 1. The van der Waals surface area contributed by atoms with Gasteiger partial charge in [0.05, 0.1) is 28.9 Å². The molecule has 0 saturated carbocycles. The highest BCUT2D eigenvalue weighted by Crippen LogP contribution is 2.27. The summed E-state index contributed by atoms with van der Waals surface area (Å²) < 4.78 is 43.0. The summed E-state index contributed by atoms with van der Waals surface area (Å²) in [5.74, 6) is -0.265. The Morgan fingerprint density at radius 2 is 1.74 bits per heavy atom. The highest BCUT2D eigenvalue weighted by molar-refractivity contribution is 6.07. The summed E-state index contributed by atoms with van der Waals surface area (Å²) in [5, 5.41) is 8.04. The summed E-state index contributed by atoms with van der Waals surface area (Å²) in [6, 6.07) is 18.2. The molecule has 0 unspecified atom stereocenters. The molecule has 0 spiro atoms. The lowest BCUT2D eigenvalue weighted by molar-refractivity contribution is -0.176. The van der Waals surface area contributed by atoms with Crippen LogP contribution in [0.1, 0.15) is 27.2 Å². The number of benzene rings is 2. The van der Waals surface area contributed by atoms with Crippen LogP contribution < -0.4 is 5.32 Å². The highest BCUT2D eigenvalue weighted by Gasteiger charge is 2.27. The zero-order valence-electron chi connectivity index (χ0n) is 18.7. The van der Waals surface area contributed by atoms with E-state index in [-0.39, 0.29) is 19.1 Å². The number of amides is 1. The van der Waals surface area contributed by atoms with Crippen LogP contribution in [0.2, 0.25) is 0 Å². The maximum absolute atomic E-state index is 13.2. The van der Waals surface area contributed by atoms with Gasteiger partial charge in [0.1, 0.15) is 6.61 Å². The fourth-order valence-corrected chi connectivity index (χ4v) is 3.70. The Morgan fingerprint density at radius 1 is 1.06 bits per heavy atom. The lowest BCUT2D eigenvalue weighted by Gasteiger charge is -2.10. The molecule has 4 aromatic rings. The van der Waals surface area contributed by atoms with Crippen molar-refractivity contribution in [2.75, 3.05) is 6.61 Å². The molecule has 0 bridgehead atoms. The Hall–Kier alpha value is -3.72. The molecular formula is C25H23F3N4O2. The second-order valence-electron chi connectivity index (χ2n) is 7.94. The van der Waals surface area contributed by atoms with E-state index in [2.05, 4.69) is 15.2 Å². The maximum Gasteiger partial charge on any atom is 0.411 e. The molecular weight excluding hydrogens is 445 g/mol. The Labute approximate surface area is 194 Å². The lowest BCUT2D eigenvalue weighted by atomic mass is 10.0. The highest BCUT2D eigenvalue weighted by atomic mass is 19.4. The minimum Gasteiger partial charge on any atom is -0.367 e. The van der Waals surface area contributed by atoms with Crippen LogP contribution in [0.25, 0.3) is 22.3 Å². The molecule has 0 aliphatic carbocycles. The molecule has 0 atom stereocenters. The number of rotatable bonds is 7. The van der Waals surface area contributed by atoms with E-state index in [0.717, 1.165) is 11.1 Å². The van der Waals surface area contributed by atoms with Gasteiger partial charge in [0, 0.05) is 19.2 Å². The van der Waals surface area contributed by atoms with E-state index in [1.165, 1.54) is 0 Å². The van der Waals surface area contributed by atoms with Crippen LogP contribution >= 0.6 is 0 Å². The van der Waals surface area contributed by atoms with Crippen molar-refractivity contribution in [3.8, 4) is 11.3 Å². The normalized spacial score (nSPS) is 11.7. The molecule has 1 amide bonds. The smallest absolute Gasteiger partial charge is 0.367 e. The molecule has 0 radical (unpaired) electrons. The van der Waals surface area contributed by atoms with Gasteiger partial charge in [0.25, 0.3) is 5.91 Å². The number of carbonyl (C=O) groups excluding carboxylic acids is 1. The maximum atomic E-state index is 13.2. The van der Waals surface area contributed by atoms with E-state index in [0.29, 0.717) is 33.5 Å². The molecule has 6 nitrogen and oxygen atoms in total.